The maximum absolute atomic E-state index is 4.23. The van der Waals surface area contributed by atoms with E-state index in [0.29, 0.717) is 6.04 Å². The molecule has 2 heterocycles. The van der Waals surface area contributed by atoms with Gasteiger partial charge in [-0.15, -0.1) is 0 Å². The van der Waals surface area contributed by atoms with Crippen molar-refractivity contribution in [2.24, 2.45) is 0 Å². The summed E-state index contributed by atoms with van der Waals surface area (Å²) in [4.78, 5) is 2.58. The van der Waals surface area contributed by atoms with Crippen molar-refractivity contribution in [1.29, 1.82) is 0 Å². The maximum Gasteiger partial charge on any atom is 0.0695 e. The summed E-state index contributed by atoms with van der Waals surface area (Å²) in [6.07, 6.45) is 4.38. The van der Waals surface area contributed by atoms with Gasteiger partial charge in [0, 0.05) is 36.8 Å². The summed E-state index contributed by atoms with van der Waals surface area (Å²) in [5.41, 5.74) is 3.86. The minimum absolute atomic E-state index is 0.288. The smallest absolute Gasteiger partial charge is 0.0695 e. The van der Waals surface area contributed by atoms with E-state index in [0.717, 1.165) is 12.2 Å². The molecule has 4 nitrogen and oxygen atoms in total. The van der Waals surface area contributed by atoms with Gasteiger partial charge in [-0.1, -0.05) is 30.3 Å². The predicted octanol–water partition coefficient (Wildman–Crippen LogP) is 3.43. The molecule has 0 radical (unpaired) electrons. The molecule has 2 aromatic rings. The molecule has 1 aliphatic heterocycles. The van der Waals surface area contributed by atoms with Crippen LogP contribution in [0.25, 0.3) is 11.3 Å². The SMILES string of the molecule is CC(C)(C)N1CCC(NCc2cn[nH]c2-c2ccccc2)CC1. The lowest BCUT2D eigenvalue weighted by atomic mass is 9.98. The van der Waals surface area contributed by atoms with Crippen LogP contribution in [-0.2, 0) is 6.54 Å². The van der Waals surface area contributed by atoms with E-state index < -0.39 is 0 Å². The molecule has 0 atom stereocenters. The second kappa shape index (κ2) is 6.85. The van der Waals surface area contributed by atoms with Gasteiger partial charge in [0.05, 0.1) is 11.9 Å². The van der Waals surface area contributed by atoms with Crippen molar-refractivity contribution in [3.63, 3.8) is 0 Å². The van der Waals surface area contributed by atoms with Crippen LogP contribution in [0.1, 0.15) is 39.2 Å². The van der Waals surface area contributed by atoms with Crippen molar-refractivity contribution in [2.75, 3.05) is 13.1 Å². The molecule has 0 bridgehead atoms. The van der Waals surface area contributed by atoms with E-state index in [9.17, 15) is 0 Å². The first kappa shape index (κ1) is 16.2. The largest absolute Gasteiger partial charge is 0.310 e. The molecule has 0 aliphatic carbocycles. The molecule has 0 unspecified atom stereocenters. The molecule has 0 spiro atoms. The molecular formula is C19H28N4. The van der Waals surface area contributed by atoms with Crippen molar-refractivity contribution >= 4 is 0 Å². The molecule has 0 amide bonds. The zero-order chi connectivity index (χ0) is 16.3. The van der Waals surface area contributed by atoms with Crippen molar-refractivity contribution in [1.82, 2.24) is 20.4 Å². The Kier molecular flexibility index (Phi) is 4.83. The summed E-state index contributed by atoms with van der Waals surface area (Å²) in [6, 6.07) is 11.0. The van der Waals surface area contributed by atoms with Gasteiger partial charge in [-0.3, -0.25) is 10.00 Å². The number of hydrogen-bond acceptors (Lipinski definition) is 3. The number of aromatic amines is 1. The van der Waals surface area contributed by atoms with Gasteiger partial charge in [0.25, 0.3) is 0 Å². The van der Waals surface area contributed by atoms with Crippen LogP contribution >= 0.6 is 0 Å². The number of rotatable bonds is 4. The molecule has 1 saturated heterocycles. The number of aromatic nitrogens is 2. The molecule has 1 aliphatic rings. The van der Waals surface area contributed by atoms with Crippen molar-refractivity contribution in [3.8, 4) is 11.3 Å². The predicted molar refractivity (Wildman–Crippen MR) is 95.2 cm³/mol. The summed E-state index contributed by atoms with van der Waals surface area (Å²) >= 11 is 0. The molecular weight excluding hydrogens is 284 g/mol. The quantitative estimate of drug-likeness (QED) is 0.909. The summed E-state index contributed by atoms with van der Waals surface area (Å²) in [5.74, 6) is 0. The Hall–Kier alpha value is -1.65. The first-order valence-corrected chi connectivity index (χ1v) is 8.60. The normalized spacial score (nSPS) is 17.5. The summed E-state index contributed by atoms with van der Waals surface area (Å²) < 4.78 is 0. The molecule has 1 fully saturated rings. The minimum atomic E-state index is 0.288. The molecule has 3 rings (SSSR count). The van der Waals surface area contributed by atoms with Crippen LogP contribution < -0.4 is 5.32 Å². The van der Waals surface area contributed by atoms with E-state index in [1.54, 1.807) is 0 Å². The molecule has 23 heavy (non-hydrogen) atoms. The van der Waals surface area contributed by atoms with Crippen LogP contribution in [-0.4, -0.2) is 39.8 Å². The fraction of sp³-hybridized carbons (Fsp3) is 0.526. The molecule has 1 aromatic carbocycles. The van der Waals surface area contributed by atoms with Gasteiger partial charge in [-0.05, 0) is 39.2 Å². The van der Waals surface area contributed by atoms with Crippen LogP contribution in [0, 0.1) is 0 Å². The van der Waals surface area contributed by atoms with E-state index in [1.165, 1.54) is 37.1 Å². The molecule has 0 saturated carbocycles. The van der Waals surface area contributed by atoms with Gasteiger partial charge in [-0.2, -0.15) is 5.10 Å². The van der Waals surface area contributed by atoms with Crippen molar-refractivity contribution < 1.29 is 0 Å². The second-order valence-electron chi connectivity index (χ2n) is 7.45. The fourth-order valence-corrected chi connectivity index (χ4v) is 3.31. The average molecular weight is 312 g/mol. The molecule has 2 N–H and O–H groups in total. The highest BCUT2D eigenvalue weighted by molar-refractivity contribution is 5.62. The zero-order valence-corrected chi connectivity index (χ0v) is 14.5. The average Bonchev–Trinajstić information content (AvgIpc) is 3.02. The molecule has 1 aromatic heterocycles. The fourth-order valence-electron chi connectivity index (χ4n) is 3.31. The number of nitrogens with zero attached hydrogens (tertiary/aromatic N) is 2. The number of benzene rings is 1. The third kappa shape index (κ3) is 4.01. The lowest BCUT2D eigenvalue weighted by Crippen LogP contribution is -2.49. The van der Waals surface area contributed by atoms with E-state index in [4.69, 9.17) is 0 Å². The Labute approximate surface area is 139 Å². The van der Waals surface area contributed by atoms with Crippen molar-refractivity contribution in [3.05, 3.63) is 42.1 Å². The number of nitrogens with one attached hydrogen (secondary N) is 2. The van der Waals surface area contributed by atoms with Gasteiger partial charge >= 0.3 is 0 Å². The summed E-state index contributed by atoms with van der Waals surface area (Å²) in [6.45, 7) is 10.1. The maximum atomic E-state index is 4.23. The first-order valence-electron chi connectivity index (χ1n) is 8.60. The summed E-state index contributed by atoms with van der Waals surface area (Å²) in [7, 11) is 0. The third-order valence-corrected chi connectivity index (χ3v) is 4.81. The van der Waals surface area contributed by atoms with Gasteiger partial charge in [-0.25, -0.2) is 0 Å². The van der Waals surface area contributed by atoms with Crippen LogP contribution in [0.2, 0.25) is 0 Å². The van der Waals surface area contributed by atoms with Crippen LogP contribution in [0.15, 0.2) is 36.5 Å². The Morgan fingerprint density at radius 2 is 1.87 bits per heavy atom. The highest BCUT2D eigenvalue weighted by atomic mass is 15.2. The van der Waals surface area contributed by atoms with E-state index >= 15 is 0 Å². The summed E-state index contributed by atoms with van der Waals surface area (Å²) in [5, 5.41) is 11.1. The number of hydrogen-bond donors (Lipinski definition) is 2. The van der Waals surface area contributed by atoms with E-state index in [-0.39, 0.29) is 5.54 Å². The monoisotopic (exact) mass is 312 g/mol. The molecule has 124 valence electrons. The Morgan fingerprint density at radius 3 is 2.52 bits per heavy atom. The third-order valence-electron chi connectivity index (χ3n) is 4.81. The van der Waals surface area contributed by atoms with Gasteiger partial charge in [0.1, 0.15) is 0 Å². The Balaban J connectivity index is 1.56. The first-order chi connectivity index (χ1) is 11.0. The number of likely N-dealkylation sites (tertiary alicyclic amines) is 1. The Morgan fingerprint density at radius 1 is 1.17 bits per heavy atom. The van der Waals surface area contributed by atoms with Gasteiger partial charge < -0.3 is 5.32 Å². The van der Waals surface area contributed by atoms with Gasteiger partial charge in [0.2, 0.25) is 0 Å². The van der Waals surface area contributed by atoms with Crippen molar-refractivity contribution in [2.45, 2.75) is 51.7 Å². The minimum Gasteiger partial charge on any atom is -0.310 e. The van der Waals surface area contributed by atoms with Crippen LogP contribution in [0.4, 0.5) is 0 Å². The number of piperidine rings is 1. The highest BCUT2D eigenvalue weighted by Crippen LogP contribution is 2.22. The second-order valence-corrected chi connectivity index (χ2v) is 7.45. The number of H-pyrrole nitrogens is 1. The van der Waals surface area contributed by atoms with Gasteiger partial charge in [0.15, 0.2) is 0 Å². The standard InChI is InChI=1S/C19H28N4/c1-19(2,3)23-11-9-17(10-12-23)20-13-16-14-21-22-18(16)15-7-5-4-6-8-15/h4-8,14,17,20H,9-13H2,1-3H3,(H,21,22). The van der Waals surface area contributed by atoms with E-state index in [2.05, 4.69) is 65.5 Å². The highest BCUT2D eigenvalue weighted by Gasteiger charge is 2.26. The zero-order valence-electron chi connectivity index (χ0n) is 14.5. The lowest BCUT2D eigenvalue weighted by molar-refractivity contribution is 0.0960. The topological polar surface area (TPSA) is 44.0 Å². The molecule has 4 heteroatoms. The lowest BCUT2D eigenvalue weighted by Gasteiger charge is -2.41. The van der Waals surface area contributed by atoms with Crippen LogP contribution in [0.3, 0.4) is 0 Å². The van der Waals surface area contributed by atoms with Crippen LogP contribution in [0.5, 0.6) is 0 Å². The van der Waals surface area contributed by atoms with E-state index in [1.807, 2.05) is 12.3 Å². The Bertz CT molecular complexity index is 604.